The van der Waals surface area contributed by atoms with Crippen LogP contribution in [0, 0.1) is 5.82 Å². The van der Waals surface area contributed by atoms with Gasteiger partial charge in [0.05, 0.1) is 17.3 Å². The van der Waals surface area contributed by atoms with Crippen LogP contribution in [0.1, 0.15) is 23.9 Å². The molecule has 0 bridgehead atoms. The van der Waals surface area contributed by atoms with E-state index >= 15 is 0 Å². The van der Waals surface area contributed by atoms with Gasteiger partial charge < -0.3 is 9.88 Å². The van der Waals surface area contributed by atoms with Crippen molar-refractivity contribution >= 4 is 16.7 Å². The molecular weight excluding hydrogens is 401 g/mol. The molecule has 2 N–H and O–H groups in total. The Bertz CT molecular complexity index is 1350. The first-order valence-electron chi connectivity index (χ1n) is 9.68. The Morgan fingerprint density at radius 2 is 1.84 bits per heavy atom. The summed E-state index contributed by atoms with van der Waals surface area (Å²) in [4.78, 5) is 41.8. The van der Waals surface area contributed by atoms with Crippen LogP contribution in [0.15, 0.2) is 70.5 Å². The van der Waals surface area contributed by atoms with E-state index in [4.69, 9.17) is 0 Å². The number of aromatic nitrogens is 4. The van der Waals surface area contributed by atoms with E-state index in [1.807, 2.05) is 0 Å². The van der Waals surface area contributed by atoms with Gasteiger partial charge >= 0.3 is 0 Å². The van der Waals surface area contributed by atoms with Crippen LogP contribution in [0.25, 0.3) is 10.8 Å². The molecule has 0 saturated carbocycles. The highest BCUT2D eigenvalue weighted by Crippen LogP contribution is 2.21. The van der Waals surface area contributed by atoms with Gasteiger partial charge in [-0.2, -0.15) is 0 Å². The van der Waals surface area contributed by atoms with Crippen molar-refractivity contribution in [3.05, 3.63) is 98.8 Å². The second kappa shape index (κ2) is 8.39. The van der Waals surface area contributed by atoms with E-state index in [2.05, 4.69) is 15.4 Å². The number of amides is 1. The van der Waals surface area contributed by atoms with Gasteiger partial charge in [0.2, 0.25) is 5.91 Å². The summed E-state index contributed by atoms with van der Waals surface area (Å²) in [5.74, 6) is -0.150. The molecule has 0 aliphatic rings. The highest BCUT2D eigenvalue weighted by atomic mass is 19.1. The Balaban J connectivity index is 1.55. The van der Waals surface area contributed by atoms with Gasteiger partial charge in [0.25, 0.3) is 11.1 Å². The Kier molecular flexibility index (Phi) is 5.48. The third kappa shape index (κ3) is 4.16. The molecule has 0 saturated heterocycles. The minimum Gasteiger partial charge on any atom is -0.342 e. The molecule has 0 spiro atoms. The molecule has 0 fully saturated rings. The first kappa shape index (κ1) is 20.3. The Hall–Kier alpha value is -4.01. The third-order valence-electron chi connectivity index (χ3n) is 5.07. The second-order valence-corrected chi connectivity index (χ2v) is 7.14. The van der Waals surface area contributed by atoms with Gasteiger partial charge in [0, 0.05) is 25.9 Å². The van der Waals surface area contributed by atoms with E-state index in [9.17, 15) is 18.8 Å². The quantitative estimate of drug-likeness (QED) is 0.496. The number of imidazole rings is 1. The average Bonchev–Trinajstić information content (AvgIpc) is 3.20. The van der Waals surface area contributed by atoms with Crippen molar-refractivity contribution in [2.45, 2.75) is 19.0 Å². The van der Waals surface area contributed by atoms with Gasteiger partial charge in [0.1, 0.15) is 17.7 Å². The number of fused-ring (bicyclic) bond motifs is 1. The van der Waals surface area contributed by atoms with Crippen LogP contribution in [0.5, 0.6) is 0 Å². The number of halogens is 1. The van der Waals surface area contributed by atoms with Crippen molar-refractivity contribution in [3.8, 4) is 0 Å². The SMILES string of the molecule is Cn1ccnc1[C@@H](NC(=O)CCn1[nH]c(=O)c2ccccc2c1=O)c1ccc(F)cc1. The van der Waals surface area contributed by atoms with E-state index in [-0.39, 0.29) is 30.2 Å². The number of carbonyl (C=O) groups is 1. The van der Waals surface area contributed by atoms with Crippen LogP contribution in [-0.2, 0) is 18.4 Å². The summed E-state index contributed by atoms with van der Waals surface area (Å²) >= 11 is 0. The molecule has 1 amide bonds. The molecular formula is C22H20FN5O3. The zero-order valence-electron chi connectivity index (χ0n) is 16.7. The fourth-order valence-electron chi connectivity index (χ4n) is 3.46. The smallest absolute Gasteiger partial charge is 0.273 e. The Morgan fingerprint density at radius 1 is 1.13 bits per heavy atom. The molecule has 4 aromatic rings. The van der Waals surface area contributed by atoms with Gasteiger partial charge in [-0.1, -0.05) is 24.3 Å². The summed E-state index contributed by atoms with van der Waals surface area (Å²) in [7, 11) is 1.80. The van der Waals surface area contributed by atoms with Gasteiger partial charge in [-0.05, 0) is 29.8 Å². The highest BCUT2D eigenvalue weighted by molar-refractivity contribution is 5.80. The normalized spacial score (nSPS) is 12.1. The number of nitrogens with one attached hydrogen (secondary N) is 2. The lowest BCUT2D eigenvalue weighted by molar-refractivity contribution is -0.121. The van der Waals surface area contributed by atoms with Gasteiger partial charge in [0.15, 0.2) is 0 Å². The van der Waals surface area contributed by atoms with Crippen LogP contribution < -0.4 is 16.4 Å². The predicted molar refractivity (Wildman–Crippen MR) is 113 cm³/mol. The Labute approximate surface area is 176 Å². The van der Waals surface area contributed by atoms with E-state index < -0.39 is 11.6 Å². The molecule has 4 rings (SSSR count). The number of benzene rings is 2. The summed E-state index contributed by atoms with van der Waals surface area (Å²) in [5, 5.41) is 6.00. The first-order chi connectivity index (χ1) is 14.9. The Morgan fingerprint density at radius 3 is 2.52 bits per heavy atom. The lowest BCUT2D eigenvalue weighted by atomic mass is 10.1. The van der Waals surface area contributed by atoms with E-state index in [1.54, 1.807) is 60.4 Å². The maximum Gasteiger partial charge on any atom is 0.273 e. The molecule has 1 atom stereocenters. The predicted octanol–water partition coefficient (Wildman–Crippen LogP) is 1.86. The van der Waals surface area contributed by atoms with E-state index in [0.717, 1.165) is 4.68 Å². The summed E-state index contributed by atoms with van der Waals surface area (Å²) in [6, 6.07) is 11.7. The number of nitrogens with zero attached hydrogens (tertiary/aromatic N) is 3. The topological polar surface area (TPSA) is 102 Å². The molecule has 0 aliphatic carbocycles. The fourth-order valence-corrected chi connectivity index (χ4v) is 3.46. The van der Waals surface area contributed by atoms with E-state index in [1.165, 1.54) is 12.1 Å². The van der Waals surface area contributed by atoms with Gasteiger partial charge in [-0.25, -0.2) is 14.1 Å². The molecule has 31 heavy (non-hydrogen) atoms. The maximum atomic E-state index is 13.4. The molecule has 2 aromatic carbocycles. The molecule has 0 unspecified atom stereocenters. The largest absolute Gasteiger partial charge is 0.342 e. The minimum absolute atomic E-state index is 0.00143. The van der Waals surface area contributed by atoms with Crippen LogP contribution >= 0.6 is 0 Å². The van der Waals surface area contributed by atoms with Gasteiger partial charge in [-0.3, -0.25) is 19.5 Å². The highest BCUT2D eigenvalue weighted by Gasteiger charge is 2.21. The molecule has 2 aromatic heterocycles. The summed E-state index contributed by atoms with van der Waals surface area (Å²) in [5.41, 5.74) is -0.102. The van der Waals surface area contributed by atoms with Crippen LogP contribution in [0.3, 0.4) is 0 Å². The maximum absolute atomic E-state index is 13.4. The summed E-state index contributed by atoms with van der Waals surface area (Å²) in [6.45, 7) is 0.00143. The standard InChI is InChI=1S/C22H20FN5O3/c1-27-13-11-24-20(27)19(14-6-8-15(23)9-7-14)25-18(29)10-12-28-22(31)17-5-3-2-4-16(17)21(30)26-28/h2-9,11,13,19H,10,12H2,1H3,(H,25,29)(H,26,30)/t19-/m0/s1. The number of H-pyrrole nitrogens is 1. The van der Waals surface area contributed by atoms with Gasteiger partial charge in [-0.15, -0.1) is 0 Å². The van der Waals surface area contributed by atoms with Crippen molar-refractivity contribution in [3.63, 3.8) is 0 Å². The monoisotopic (exact) mass is 421 g/mol. The molecule has 9 heteroatoms. The molecule has 2 heterocycles. The van der Waals surface area contributed by atoms with Crippen LogP contribution in [0.2, 0.25) is 0 Å². The number of carbonyl (C=O) groups excluding carboxylic acids is 1. The zero-order valence-corrected chi connectivity index (χ0v) is 16.7. The van der Waals surface area contributed by atoms with Crippen molar-refractivity contribution in [2.24, 2.45) is 7.05 Å². The number of hydrogen-bond acceptors (Lipinski definition) is 4. The lowest BCUT2D eigenvalue weighted by Gasteiger charge is -2.19. The van der Waals surface area contributed by atoms with Crippen molar-refractivity contribution in [1.82, 2.24) is 24.6 Å². The molecule has 158 valence electrons. The molecule has 8 nitrogen and oxygen atoms in total. The summed E-state index contributed by atoms with van der Waals surface area (Å²) < 4.78 is 16.3. The van der Waals surface area contributed by atoms with Crippen molar-refractivity contribution in [2.75, 3.05) is 0 Å². The second-order valence-electron chi connectivity index (χ2n) is 7.14. The number of hydrogen-bond donors (Lipinski definition) is 2. The first-order valence-corrected chi connectivity index (χ1v) is 9.68. The fraction of sp³-hybridized carbons (Fsp3) is 0.182. The summed E-state index contributed by atoms with van der Waals surface area (Å²) in [6.07, 6.45) is 3.31. The number of aromatic amines is 1. The molecule has 0 aliphatic heterocycles. The van der Waals surface area contributed by atoms with E-state index in [0.29, 0.717) is 22.2 Å². The average molecular weight is 421 g/mol. The number of rotatable bonds is 6. The molecule has 0 radical (unpaired) electrons. The lowest BCUT2D eigenvalue weighted by Crippen LogP contribution is -2.34. The van der Waals surface area contributed by atoms with Crippen LogP contribution in [-0.4, -0.2) is 25.2 Å². The van der Waals surface area contributed by atoms with Crippen molar-refractivity contribution in [1.29, 1.82) is 0 Å². The van der Waals surface area contributed by atoms with Crippen LogP contribution in [0.4, 0.5) is 4.39 Å². The third-order valence-corrected chi connectivity index (χ3v) is 5.07. The number of aryl methyl sites for hydroxylation is 2. The minimum atomic E-state index is -0.597. The van der Waals surface area contributed by atoms with Crippen molar-refractivity contribution < 1.29 is 9.18 Å². The zero-order chi connectivity index (χ0) is 22.0.